The predicted molar refractivity (Wildman–Crippen MR) is 70.0 cm³/mol. The summed E-state index contributed by atoms with van der Waals surface area (Å²) in [6.45, 7) is 3.43. The van der Waals surface area contributed by atoms with E-state index < -0.39 is 0 Å². The maximum Gasteiger partial charge on any atom is 0.0705 e. The van der Waals surface area contributed by atoms with Crippen molar-refractivity contribution in [2.24, 2.45) is 0 Å². The minimum atomic E-state index is 0.211. The molecule has 0 bridgehead atoms. The van der Waals surface area contributed by atoms with Crippen molar-refractivity contribution in [1.29, 1.82) is 0 Å². The molecule has 0 spiro atoms. The van der Waals surface area contributed by atoms with Gasteiger partial charge in [0.25, 0.3) is 0 Å². The molecule has 0 aliphatic carbocycles. The van der Waals surface area contributed by atoms with Gasteiger partial charge in [-0.25, -0.2) is 0 Å². The van der Waals surface area contributed by atoms with E-state index in [0.29, 0.717) is 6.61 Å². The molecule has 0 radical (unpaired) electrons. The number of likely N-dealkylation sites (N-methyl/N-ethyl adjacent to an activating group) is 1. The standard InChI is InChI=1S/C14H18N2O/c1-3-17-10-14(15-2)12-6-4-8-13-11(12)7-5-9-16-13/h4-9,14-15H,3,10H2,1-2H3. The zero-order valence-electron chi connectivity index (χ0n) is 10.3. The molecule has 0 saturated heterocycles. The highest BCUT2D eigenvalue weighted by molar-refractivity contribution is 5.82. The second-order valence-corrected chi connectivity index (χ2v) is 3.92. The number of nitrogens with zero attached hydrogens (tertiary/aromatic N) is 1. The van der Waals surface area contributed by atoms with Crippen LogP contribution in [0.3, 0.4) is 0 Å². The maximum absolute atomic E-state index is 5.51. The fourth-order valence-electron chi connectivity index (χ4n) is 2.00. The van der Waals surface area contributed by atoms with Gasteiger partial charge in [-0.15, -0.1) is 0 Å². The Kier molecular flexibility index (Phi) is 4.07. The van der Waals surface area contributed by atoms with Gasteiger partial charge in [0.1, 0.15) is 0 Å². The van der Waals surface area contributed by atoms with Crippen LogP contribution in [0.1, 0.15) is 18.5 Å². The summed E-state index contributed by atoms with van der Waals surface area (Å²) < 4.78 is 5.51. The zero-order valence-corrected chi connectivity index (χ0v) is 10.3. The lowest BCUT2D eigenvalue weighted by Crippen LogP contribution is -2.22. The third-order valence-corrected chi connectivity index (χ3v) is 2.89. The normalized spacial score (nSPS) is 12.8. The van der Waals surface area contributed by atoms with E-state index in [9.17, 15) is 0 Å². The van der Waals surface area contributed by atoms with Crippen LogP contribution in [-0.2, 0) is 4.74 Å². The fraction of sp³-hybridized carbons (Fsp3) is 0.357. The van der Waals surface area contributed by atoms with Crippen molar-refractivity contribution in [2.45, 2.75) is 13.0 Å². The number of ether oxygens (including phenoxy) is 1. The molecule has 0 saturated carbocycles. The van der Waals surface area contributed by atoms with Gasteiger partial charge in [0.05, 0.1) is 18.2 Å². The predicted octanol–water partition coefficient (Wildman–Crippen LogP) is 2.53. The summed E-state index contributed by atoms with van der Waals surface area (Å²) in [5, 5.41) is 4.48. The molecule has 2 aromatic rings. The van der Waals surface area contributed by atoms with E-state index in [4.69, 9.17) is 4.74 Å². The number of rotatable bonds is 5. The molecule has 3 heteroatoms. The van der Waals surface area contributed by atoms with E-state index in [1.54, 1.807) is 0 Å². The van der Waals surface area contributed by atoms with E-state index in [1.807, 2.05) is 38.4 Å². The van der Waals surface area contributed by atoms with Crippen LogP contribution in [0.2, 0.25) is 0 Å². The lowest BCUT2D eigenvalue weighted by Gasteiger charge is -2.18. The van der Waals surface area contributed by atoms with E-state index >= 15 is 0 Å². The van der Waals surface area contributed by atoms with Crippen molar-refractivity contribution < 1.29 is 4.74 Å². The Bertz CT molecular complexity index is 479. The summed E-state index contributed by atoms with van der Waals surface area (Å²) in [6.07, 6.45) is 1.82. The van der Waals surface area contributed by atoms with Gasteiger partial charge in [0.15, 0.2) is 0 Å². The number of nitrogens with one attached hydrogen (secondary N) is 1. The molecule has 0 aliphatic heterocycles. The van der Waals surface area contributed by atoms with Gasteiger partial charge in [-0.2, -0.15) is 0 Å². The lowest BCUT2D eigenvalue weighted by molar-refractivity contribution is 0.125. The molecule has 0 amide bonds. The van der Waals surface area contributed by atoms with Crippen molar-refractivity contribution in [3.63, 3.8) is 0 Å². The largest absolute Gasteiger partial charge is 0.380 e. The summed E-state index contributed by atoms with van der Waals surface area (Å²) in [7, 11) is 1.96. The highest BCUT2D eigenvalue weighted by Gasteiger charge is 2.12. The summed E-state index contributed by atoms with van der Waals surface area (Å²) in [6, 6.07) is 10.5. The molecule has 1 heterocycles. The fourth-order valence-corrected chi connectivity index (χ4v) is 2.00. The maximum atomic E-state index is 5.51. The van der Waals surface area contributed by atoms with Crippen LogP contribution in [0, 0.1) is 0 Å². The first-order chi connectivity index (χ1) is 8.36. The van der Waals surface area contributed by atoms with Crippen LogP contribution in [0.4, 0.5) is 0 Å². The molecule has 2 rings (SSSR count). The van der Waals surface area contributed by atoms with Crippen LogP contribution in [0.25, 0.3) is 10.9 Å². The second kappa shape index (κ2) is 5.75. The van der Waals surface area contributed by atoms with Crippen molar-refractivity contribution in [1.82, 2.24) is 10.3 Å². The molecule has 1 N–H and O–H groups in total. The van der Waals surface area contributed by atoms with Crippen LogP contribution in [-0.4, -0.2) is 25.2 Å². The number of pyridine rings is 1. The third-order valence-electron chi connectivity index (χ3n) is 2.89. The molecule has 1 unspecified atom stereocenters. The average Bonchev–Trinajstić information content (AvgIpc) is 2.40. The van der Waals surface area contributed by atoms with Gasteiger partial charge in [-0.05, 0) is 31.7 Å². The Morgan fingerprint density at radius 3 is 2.94 bits per heavy atom. The number of fused-ring (bicyclic) bond motifs is 1. The molecular formula is C14H18N2O. The van der Waals surface area contributed by atoms with Gasteiger partial charge in [0, 0.05) is 18.2 Å². The molecule has 90 valence electrons. The van der Waals surface area contributed by atoms with Gasteiger partial charge in [-0.1, -0.05) is 18.2 Å². The Morgan fingerprint density at radius 2 is 2.18 bits per heavy atom. The molecule has 17 heavy (non-hydrogen) atoms. The van der Waals surface area contributed by atoms with Crippen molar-refractivity contribution in [2.75, 3.05) is 20.3 Å². The van der Waals surface area contributed by atoms with Gasteiger partial charge in [-0.3, -0.25) is 4.98 Å². The average molecular weight is 230 g/mol. The topological polar surface area (TPSA) is 34.1 Å². The zero-order chi connectivity index (χ0) is 12.1. The Labute approximate surface area is 102 Å². The van der Waals surface area contributed by atoms with E-state index in [-0.39, 0.29) is 6.04 Å². The van der Waals surface area contributed by atoms with Crippen LogP contribution in [0.5, 0.6) is 0 Å². The van der Waals surface area contributed by atoms with E-state index in [2.05, 4.69) is 22.4 Å². The van der Waals surface area contributed by atoms with Crippen LogP contribution >= 0.6 is 0 Å². The van der Waals surface area contributed by atoms with Gasteiger partial charge in [0.2, 0.25) is 0 Å². The van der Waals surface area contributed by atoms with Gasteiger partial charge >= 0.3 is 0 Å². The van der Waals surface area contributed by atoms with Crippen molar-refractivity contribution >= 4 is 10.9 Å². The smallest absolute Gasteiger partial charge is 0.0705 e. The van der Waals surface area contributed by atoms with E-state index in [0.717, 1.165) is 12.1 Å². The van der Waals surface area contributed by atoms with Crippen LogP contribution in [0.15, 0.2) is 36.5 Å². The first-order valence-corrected chi connectivity index (χ1v) is 5.95. The molecule has 1 aromatic heterocycles. The summed E-state index contributed by atoms with van der Waals surface area (Å²) >= 11 is 0. The molecule has 0 fully saturated rings. The summed E-state index contributed by atoms with van der Waals surface area (Å²) in [5.74, 6) is 0. The minimum absolute atomic E-state index is 0.211. The minimum Gasteiger partial charge on any atom is -0.380 e. The monoisotopic (exact) mass is 230 g/mol. The molecule has 1 atom stereocenters. The molecular weight excluding hydrogens is 212 g/mol. The highest BCUT2D eigenvalue weighted by atomic mass is 16.5. The SMILES string of the molecule is CCOCC(NC)c1cccc2ncccc12. The Hall–Kier alpha value is -1.45. The summed E-state index contributed by atoms with van der Waals surface area (Å²) in [5.41, 5.74) is 2.27. The van der Waals surface area contributed by atoms with Gasteiger partial charge < -0.3 is 10.1 Å². The number of hydrogen-bond acceptors (Lipinski definition) is 3. The first kappa shape index (κ1) is 12.0. The molecule has 0 aliphatic rings. The number of hydrogen-bond donors (Lipinski definition) is 1. The Balaban J connectivity index is 2.38. The lowest BCUT2D eigenvalue weighted by atomic mass is 10.0. The second-order valence-electron chi connectivity index (χ2n) is 3.92. The van der Waals surface area contributed by atoms with E-state index in [1.165, 1.54) is 10.9 Å². The highest BCUT2D eigenvalue weighted by Crippen LogP contribution is 2.22. The quantitative estimate of drug-likeness (QED) is 0.857. The summed E-state index contributed by atoms with van der Waals surface area (Å²) in [4.78, 5) is 4.37. The van der Waals surface area contributed by atoms with Crippen molar-refractivity contribution in [3.8, 4) is 0 Å². The Morgan fingerprint density at radius 1 is 1.29 bits per heavy atom. The third kappa shape index (κ3) is 2.62. The first-order valence-electron chi connectivity index (χ1n) is 5.95. The number of benzene rings is 1. The number of aromatic nitrogens is 1. The molecule has 3 nitrogen and oxygen atoms in total. The van der Waals surface area contributed by atoms with Crippen molar-refractivity contribution in [3.05, 3.63) is 42.1 Å². The molecule has 1 aromatic carbocycles. The van der Waals surface area contributed by atoms with Crippen LogP contribution < -0.4 is 5.32 Å².